The van der Waals surface area contributed by atoms with Crippen molar-refractivity contribution < 1.29 is 14.6 Å². The van der Waals surface area contributed by atoms with Crippen LogP contribution in [0.5, 0.6) is 0 Å². The zero-order valence-corrected chi connectivity index (χ0v) is 11.0. The third-order valence-corrected chi connectivity index (χ3v) is 3.14. The van der Waals surface area contributed by atoms with Crippen molar-refractivity contribution in [3.05, 3.63) is 60.2 Å². The number of hydrogen-bond acceptors (Lipinski definition) is 3. The molecular weight excluding hydrogens is 240 g/mol. The van der Waals surface area contributed by atoms with Gasteiger partial charge in [0.1, 0.15) is 0 Å². The van der Waals surface area contributed by atoms with E-state index in [9.17, 15) is 9.90 Å². The second kappa shape index (κ2) is 5.24. The number of ether oxygens (including phenoxy) is 1. The Morgan fingerprint density at radius 2 is 1.53 bits per heavy atom. The average Bonchev–Trinajstić information content (AvgIpc) is 2.47. The Bertz CT molecular complexity index is 556. The number of rotatable bonds is 3. The lowest BCUT2D eigenvalue weighted by molar-refractivity contribution is -0.161. The molecule has 0 aliphatic carbocycles. The van der Waals surface area contributed by atoms with E-state index in [0.717, 1.165) is 11.1 Å². The van der Waals surface area contributed by atoms with Crippen LogP contribution in [-0.2, 0) is 15.1 Å². The van der Waals surface area contributed by atoms with Crippen molar-refractivity contribution in [3.63, 3.8) is 0 Å². The summed E-state index contributed by atoms with van der Waals surface area (Å²) in [7, 11) is 1.26. The number of methoxy groups -OCH3 is 1. The molecule has 1 unspecified atom stereocenters. The predicted molar refractivity (Wildman–Crippen MR) is 73.5 cm³/mol. The highest BCUT2D eigenvalue weighted by atomic mass is 16.5. The van der Waals surface area contributed by atoms with E-state index in [-0.39, 0.29) is 0 Å². The van der Waals surface area contributed by atoms with Crippen LogP contribution in [0, 0.1) is 0 Å². The molecule has 2 aromatic carbocycles. The van der Waals surface area contributed by atoms with Gasteiger partial charge in [0.15, 0.2) is 5.60 Å². The highest BCUT2D eigenvalue weighted by Gasteiger charge is 2.33. The first-order valence-electron chi connectivity index (χ1n) is 6.02. The minimum atomic E-state index is -1.62. The maximum atomic E-state index is 11.5. The highest BCUT2D eigenvalue weighted by molar-refractivity contribution is 5.80. The lowest BCUT2D eigenvalue weighted by atomic mass is 9.94. The van der Waals surface area contributed by atoms with Gasteiger partial charge in [0.25, 0.3) is 0 Å². The molecule has 1 N–H and O–H groups in total. The zero-order valence-electron chi connectivity index (χ0n) is 11.0. The minimum absolute atomic E-state index is 0.513. The van der Waals surface area contributed by atoms with Gasteiger partial charge in [-0.05, 0) is 23.6 Å². The molecule has 2 aromatic rings. The van der Waals surface area contributed by atoms with Crippen LogP contribution < -0.4 is 0 Å². The molecule has 0 aromatic heterocycles. The standard InChI is InChI=1S/C16H16O3/c1-16(18,15(17)19-2)14-10-8-13(9-11-14)12-6-4-3-5-7-12/h3-11,18H,1-2H3. The van der Waals surface area contributed by atoms with Crippen molar-refractivity contribution in [1.29, 1.82) is 0 Å². The maximum Gasteiger partial charge on any atom is 0.342 e. The summed E-state index contributed by atoms with van der Waals surface area (Å²) in [5.41, 5.74) is 1.01. The summed E-state index contributed by atoms with van der Waals surface area (Å²) >= 11 is 0. The summed E-state index contributed by atoms with van der Waals surface area (Å²) < 4.78 is 4.60. The first-order chi connectivity index (χ1) is 9.05. The van der Waals surface area contributed by atoms with E-state index in [1.165, 1.54) is 14.0 Å². The quantitative estimate of drug-likeness (QED) is 0.859. The van der Waals surface area contributed by atoms with E-state index in [4.69, 9.17) is 0 Å². The van der Waals surface area contributed by atoms with Crippen molar-refractivity contribution in [2.75, 3.05) is 7.11 Å². The number of carbonyl (C=O) groups is 1. The van der Waals surface area contributed by atoms with Gasteiger partial charge in [0.2, 0.25) is 0 Å². The Labute approximate surface area is 112 Å². The number of benzene rings is 2. The van der Waals surface area contributed by atoms with E-state index >= 15 is 0 Å². The summed E-state index contributed by atoms with van der Waals surface area (Å²) in [6.45, 7) is 1.43. The Morgan fingerprint density at radius 3 is 2.05 bits per heavy atom. The Hall–Kier alpha value is -2.13. The molecule has 1 atom stereocenters. The van der Waals surface area contributed by atoms with Gasteiger partial charge >= 0.3 is 5.97 Å². The molecule has 0 bridgehead atoms. The molecule has 98 valence electrons. The molecule has 0 spiro atoms. The molecular formula is C16H16O3. The number of carbonyl (C=O) groups excluding carboxylic acids is 1. The fourth-order valence-corrected chi connectivity index (χ4v) is 1.93. The Morgan fingerprint density at radius 1 is 1.00 bits per heavy atom. The number of aliphatic hydroxyl groups is 1. The van der Waals surface area contributed by atoms with Crippen LogP contribution in [0.1, 0.15) is 12.5 Å². The normalized spacial score (nSPS) is 13.6. The molecule has 0 fully saturated rings. The van der Waals surface area contributed by atoms with Crippen molar-refractivity contribution >= 4 is 5.97 Å². The number of hydrogen-bond donors (Lipinski definition) is 1. The largest absolute Gasteiger partial charge is 0.467 e. The van der Waals surface area contributed by atoms with Crippen molar-refractivity contribution in [2.45, 2.75) is 12.5 Å². The first-order valence-corrected chi connectivity index (χ1v) is 6.02. The van der Waals surface area contributed by atoms with Crippen LogP contribution in [0.25, 0.3) is 11.1 Å². The average molecular weight is 256 g/mol. The van der Waals surface area contributed by atoms with E-state index < -0.39 is 11.6 Å². The van der Waals surface area contributed by atoms with Gasteiger partial charge < -0.3 is 9.84 Å². The summed E-state index contributed by atoms with van der Waals surface area (Å²) in [5, 5.41) is 10.1. The van der Waals surface area contributed by atoms with Crippen LogP contribution >= 0.6 is 0 Å². The molecule has 0 aliphatic heterocycles. The van der Waals surface area contributed by atoms with Crippen molar-refractivity contribution in [3.8, 4) is 11.1 Å². The van der Waals surface area contributed by atoms with Gasteiger partial charge in [0.05, 0.1) is 7.11 Å². The van der Waals surface area contributed by atoms with Gasteiger partial charge in [0, 0.05) is 0 Å². The van der Waals surface area contributed by atoms with Crippen LogP contribution in [0.15, 0.2) is 54.6 Å². The van der Waals surface area contributed by atoms with E-state index in [2.05, 4.69) is 4.74 Å². The fourth-order valence-electron chi connectivity index (χ4n) is 1.93. The van der Waals surface area contributed by atoms with Gasteiger partial charge in [-0.1, -0.05) is 54.6 Å². The SMILES string of the molecule is COC(=O)C(C)(O)c1ccc(-c2ccccc2)cc1. The van der Waals surface area contributed by atoms with Gasteiger partial charge in [-0.25, -0.2) is 4.79 Å². The highest BCUT2D eigenvalue weighted by Crippen LogP contribution is 2.25. The zero-order chi connectivity index (χ0) is 13.9. The molecule has 2 rings (SSSR count). The third kappa shape index (κ3) is 2.66. The van der Waals surface area contributed by atoms with E-state index in [1.807, 2.05) is 42.5 Å². The Kier molecular flexibility index (Phi) is 3.67. The van der Waals surface area contributed by atoms with Gasteiger partial charge in [-0.15, -0.1) is 0 Å². The molecule has 0 amide bonds. The summed E-state index contributed by atoms with van der Waals surface area (Å²) in [6, 6.07) is 17.1. The fraction of sp³-hybridized carbons (Fsp3) is 0.188. The number of esters is 1. The molecule has 3 nitrogen and oxygen atoms in total. The second-order valence-electron chi connectivity index (χ2n) is 4.51. The lowest BCUT2D eigenvalue weighted by Crippen LogP contribution is -2.33. The van der Waals surface area contributed by atoms with Crippen molar-refractivity contribution in [2.24, 2.45) is 0 Å². The van der Waals surface area contributed by atoms with Gasteiger partial charge in [-0.3, -0.25) is 0 Å². The topological polar surface area (TPSA) is 46.5 Å². The summed E-state index contributed by atoms with van der Waals surface area (Å²) in [4.78, 5) is 11.5. The molecule has 0 saturated heterocycles. The summed E-state index contributed by atoms with van der Waals surface area (Å²) in [6.07, 6.45) is 0. The maximum absolute atomic E-state index is 11.5. The van der Waals surface area contributed by atoms with Crippen LogP contribution in [0.4, 0.5) is 0 Å². The van der Waals surface area contributed by atoms with Crippen molar-refractivity contribution in [1.82, 2.24) is 0 Å². The minimum Gasteiger partial charge on any atom is -0.467 e. The summed E-state index contributed by atoms with van der Waals surface area (Å²) in [5.74, 6) is -0.667. The smallest absolute Gasteiger partial charge is 0.342 e. The molecule has 19 heavy (non-hydrogen) atoms. The molecule has 0 aliphatic rings. The molecule has 3 heteroatoms. The first kappa shape index (κ1) is 13.3. The monoisotopic (exact) mass is 256 g/mol. The van der Waals surface area contributed by atoms with Gasteiger partial charge in [-0.2, -0.15) is 0 Å². The molecule has 0 radical (unpaired) electrons. The van der Waals surface area contributed by atoms with Crippen LogP contribution in [0.2, 0.25) is 0 Å². The molecule has 0 heterocycles. The van der Waals surface area contributed by atoms with Crippen LogP contribution in [0.3, 0.4) is 0 Å². The lowest BCUT2D eigenvalue weighted by Gasteiger charge is -2.20. The van der Waals surface area contributed by atoms with Crippen LogP contribution in [-0.4, -0.2) is 18.2 Å². The van der Waals surface area contributed by atoms with E-state index in [0.29, 0.717) is 5.56 Å². The van der Waals surface area contributed by atoms with E-state index in [1.54, 1.807) is 12.1 Å². The molecule has 0 saturated carbocycles. The predicted octanol–water partition coefficient (Wildman–Crippen LogP) is 2.73. The Balaban J connectivity index is 2.31. The third-order valence-electron chi connectivity index (χ3n) is 3.14. The second-order valence-corrected chi connectivity index (χ2v) is 4.51.